The molecule has 4 nitrogen and oxygen atoms in total. The van der Waals surface area contributed by atoms with Crippen LogP contribution in [0, 0.1) is 0 Å². The molecule has 18 heavy (non-hydrogen) atoms. The van der Waals surface area contributed by atoms with Crippen LogP contribution >= 0.6 is 0 Å². The van der Waals surface area contributed by atoms with E-state index in [1.54, 1.807) is 7.11 Å². The molecule has 0 spiro atoms. The van der Waals surface area contributed by atoms with Gasteiger partial charge in [-0.05, 0) is 39.3 Å². The van der Waals surface area contributed by atoms with E-state index in [2.05, 4.69) is 26.1 Å². The van der Waals surface area contributed by atoms with Crippen molar-refractivity contribution in [3.8, 4) is 0 Å². The topological polar surface area (TPSA) is 43.6 Å². The van der Waals surface area contributed by atoms with Crippen LogP contribution in [0.2, 0.25) is 0 Å². The normalized spacial score (nSPS) is 12.0. The summed E-state index contributed by atoms with van der Waals surface area (Å²) in [5.41, 5.74) is 0.101. The molecule has 1 rings (SSSR count). The van der Waals surface area contributed by atoms with Crippen molar-refractivity contribution in [2.45, 2.75) is 45.9 Å². The number of ether oxygens (including phenoxy) is 2. The molecule has 1 heterocycles. The molecule has 0 aromatic carbocycles. The van der Waals surface area contributed by atoms with Gasteiger partial charge in [-0.25, -0.2) is 0 Å². The summed E-state index contributed by atoms with van der Waals surface area (Å²) in [5.74, 6) is 1.82. The highest BCUT2D eigenvalue weighted by Gasteiger charge is 2.10. The Kier molecular flexibility index (Phi) is 6.39. The molecule has 0 amide bonds. The molecule has 0 bridgehead atoms. The van der Waals surface area contributed by atoms with Crippen LogP contribution in [0.15, 0.2) is 16.5 Å². The Morgan fingerprint density at radius 3 is 2.56 bits per heavy atom. The van der Waals surface area contributed by atoms with E-state index in [-0.39, 0.29) is 5.54 Å². The molecule has 0 aliphatic heterocycles. The second-order valence-electron chi connectivity index (χ2n) is 5.37. The average molecular weight is 255 g/mol. The third kappa shape index (κ3) is 6.79. The van der Waals surface area contributed by atoms with E-state index in [0.29, 0.717) is 13.2 Å². The van der Waals surface area contributed by atoms with E-state index in [0.717, 1.165) is 31.1 Å². The summed E-state index contributed by atoms with van der Waals surface area (Å²) in [7, 11) is 1.70. The lowest BCUT2D eigenvalue weighted by atomic mass is 10.1. The van der Waals surface area contributed by atoms with Gasteiger partial charge in [0.15, 0.2) is 0 Å². The summed E-state index contributed by atoms with van der Waals surface area (Å²) in [4.78, 5) is 0. The van der Waals surface area contributed by atoms with Crippen LogP contribution in [0.3, 0.4) is 0 Å². The van der Waals surface area contributed by atoms with Crippen molar-refractivity contribution >= 4 is 0 Å². The van der Waals surface area contributed by atoms with Crippen LogP contribution in [0.1, 0.15) is 38.7 Å². The van der Waals surface area contributed by atoms with Crippen molar-refractivity contribution in [2.24, 2.45) is 0 Å². The quantitative estimate of drug-likeness (QED) is 0.725. The van der Waals surface area contributed by atoms with Crippen LogP contribution < -0.4 is 5.32 Å². The van der Waals surface area contributed by atoms with Gasteiger partial charge in [0.1, 0.15) is 18.1 Å². The molecule has 4 heteroatoms. The van der Waals surface area contributed by atoms with Gasteiger partial charge in [-0.1, -0.05) is 0 Å². The van der Waals surface area contributed by atoms with Crippen LogP contribution in [0.5, 0.6) is 0 Å². The Labute approximate surface area is 110 Å². The zero-order valence-electron chi connectivity index (χ0n) is 11.9. The predicted molar refractivity (Wildman–Crippen MR) is 71.4 cm³/mol. The summed E-state index contributed by atoms with van der Waals surface area (Å²) in [6, 6.07) is 3.96. The van der Waals surface area contributed by atoms with Gasteiger partial charge in [0.05, 0.1) is 6.54 Å². The lowest BCUT2D eigenvalue weighted by molar-refractivity contribution is 0.0820. The summed E-state index contributed by atoms with van der Waals surface area (Å²) in [5, 5.41) is 3.38. The molecule has 0 aliphatic carbocycles. The largest absolute Gasteiger partial charge is 0.462 e. The third-order valence-corrected chi connectivity index (χ3v) is 2.39. The average Bonchev–Trinajstić information content (AvgIpc) is 2.73. The number of hydrogen-bond acceptors (Lipinski definition) is 4. The first-order chi connectivity index (χ1) is 8.51. The lowest BCUT2D eigenvalue weighted by Crippen LogP contribution is -2.34. The Morgan fingerprint density at radius 1 is 1.17 bits per heavy atom. The molecular weight excluding hydrogens is 230 g/mol. The number of methoxy groups -OCH3 is 1. The monoisotopic (exact) mass is 255 g/mol. The van der Waals surface area contributed by atoms with E-state index in [4.69, 9.17) is 13.9 Å². The molecule has 0 unspecified atom stereocenters. The first-order valence-electron chi connectivity index (χ1n) is 6.40. The Morgan fingerprint density at radius 2 is 1.89 bits per heavy atom. The highest BCUT2D eigenvalue weighted by Crippen LogP contribution is 2.10. The highest BCUT2D eigenvalue weighted by atomic mass is 16.5. The Balaban J connectivity index is 2.22. The molecule has 0 atom stereocenters. The zero-order chi connectivity index (χ0) is 13.4. The van der Waals surface area contributed by atoms with Gasteiger partial charge in [-0.2, -0.15) is 0 Å². The molecule has 104 valence electrons. The van der Waals surface area contributed by atoms with Crippen LogP contribution in [0.25, 0.3) is 0 Å². The van der Waals surface area contributed by atoms with Gasteiger partial charge in [0, 0.05) is 25.9 Å². The molecule has 0 fully saturated rings. The molecule has 1 aromatic rings. The van der Waals surface area contributed by atoms with Crippen LogP contribution in [0.4, 0.5) is 0 Å². The number of nitrogens with one attached hydrogen (secondary N) is 1. The minimum atomic E-state index is 0.101. The van der Waals surface area contributed by atoms with Gasteiger partial charge in [-0.15, -0.1) is 0 Å². The molecule has 1 aromatic heterocycles. The smallest absolute Gasteiger partial charge is 0.129 e. The van der Waals surface area contributed by atoms with E-state index < -0.39 is 0 Å². The Hall–Kier alpha value is -0.840. The molecule has 0 saturated carbocycles. The van der Waals surface area contributed by atoms with Crippen molar-refractivity contribution < 1.29 is 13.9 Å². The Bertz CT molecular complexity index is 328. The van der Waals surface area contributed by atoms with Crippen molar-refractivity contribution in [2.75, 3.05) is 20.3 Å². The van der Waals surface area contributed by atoms with Crippen LogP contribution in [-0.4, -0.2) is 25.9 Å². The van der Waals surface area contributed by atoms with Crippen LogP contribution in [-0.2, 0) is 22.6 Å². The first-order valence-corrected chi connectivity index (χ1v) is 6.40. The van der Waals surface area contributed by atoms with Gasteiger partial charge < -0.3 is 19.2 Å². The van der Waals surface area contributed by atoms with Gasteiger partial charge in [0.2, 0.25) is 0 Å². The third-order valence-electron chi connectivity index (χ3n) is 2.39. The second kappa shape index (κ2) is 7.56. The zero-order valence-corrected chi connectivity index (χ0v) is 11.9. The first kappa shape index (κ1) is 15.2. The van der Waals surface area contributed by atoms with E-state index in [1.165, 1.54) is 0 Å². The van der Waals surface area contributed by atoms with Crippen molar-refractivity contribution in [3.63, 3.8) is 0 Å². The van der Waals surface area contributed by atoms with E-state index in [9.17, 15) is 0 Å². The number of hydrogen-bond donors (Lipinski definition) is 1. The fourth-order valence-electron chi connectivity index (χ4n) is 1.43. The molecule has 1 N–H and O–H groups in total. The van der Waals surface area contributed by atoms with E-state index in [1.807, 2.05) is 12.1 Å². The summed E-state index contributed by atoms with van der Waals surface area (Å²) < 4.78 is 16.1. The summed E-state index contributed by atoms with van der Waals surface area (Å²) in [6.45, 7) is 9.11. The minimum Gasteiger partial charge on any atom is -0.462 e. The maximum Gasteiger partial charge on any atom is 0.129 e. The standard InChI is InChI=1S/C14H25NO3/c1-14(2,3)15-10-12-6-7-13(18-12)11-17-9-5-8-16-4/h6-7,15H,5,8-11H2,1-4H3. The number of rotatable bonds is 8. The van der Waals surface area contributed by atoms with E-state index >= 15 is 0 Å². The molecule has 0 aliphatic rings. The minimum absolute atomic E-state index is 0.101. The molecule has 0 radical (unpaired) electrons. The second-order valence-corrected chi connectivity index (χ2v) is 5.37. The fraction of sp³-hybridized carbons (Fsp3) is 0.714. The van der Waals surface area contributed by atoms with Crippen molar-refractivity contribution in [1.82, 2.24) is 5.32 Å². The SMILES string of the molecule is COCCCOCc1ccc(CNC(C)(C)C)o1. The lowest BCUT2D eigenvalue weighted by Gasteiger charge is -2.19. The maximum absolute atomic E-state index is 5.67. The van der Waals surface area contributed by atoms with Crippen molar-refractivity contribution in [1.29, 1.82) is 0 Å². The number of furan rings is 1. The highest BCUT2D eigenvalue weighted by molar-refractivity contribution is 5.06. The predicted octanol–water partition coefficient (Wildman–Crippen LogP) is 2.72. The molecular formula is C14H25NO3. The maximum atomic E-state index is 5.67. The van der Waals surface area contributed by atoms with Gasteiger partial charge >= 0.3 is 0 Å². The van der Waals surface area contributed by atoms with Gasteiger partial charge in [-0.3, -0.25) is 0 Å². The summed E-state index contributed by atoms with van der Waals surface area (Å²) >= 11 is 0. The van der Waals surface area contributed by atoms with Crippen molar-refractivity contribution in [3.05, 3.63) is 23.7 Å². The fourth-order valence-corrected chi connectivity index (χ4v) is 1.43. The van der Waals surface area contributed by atoms with Gasteiger partial charge in [0.25, 0.3) is 0 Å². The summed E-state index contributed by atoms with van der Waals surface area (Å²) in [6.07, 6.45) is 0.912. The molecule has 0 saturated heterocycles.